The Hall–Kier alpha value is -2.53. The molecule has 2 aromatic heterocycles. The van der Waals surface area contributed by atoms with Gasteiger partial charge in [-0.2, -0.15) is 5.10 Å². The van der Waals surface area contributed by atoms with Gasteiger partial charge in [0.2, 0.25) is 0 Å². The van der Waals surface area contributed by atoms with E-state index < -0.39 is 0 Å². The zero-order chi connectivity index (χ0) is 16.5. The standard InChI is InChI=1S/C18H16ClN3O2/c19-13-5-7-14(8-6-13)22-16(17-2-1-9-24-17)10-15(21-22)18(23)20-11-12-3-4-12/h1-2,5-10,12H,3-4,11H2,(H,20,23). The summed E-state index contributed by atoms with van der Waals surface area (Å²) in [6.07, 6.45) is 3.98. The summed E-state index contributed by atoms with van der Waals surface area (Å²) in [5.74, 6) is 1.11. The Kier molecular flexibility index (Phi) is 3.86. The van der Waals surface area contributed by atoms with Crippen molar-refractivity contribution in [2.45, 2.75) is 12.8 Å². The lowest BCUT2D eigenvalue weighted by molar-refractivity contribution is 0.0946. The van der Waals surface area contributed by atoms with Crippen LogP contribution in [0.1, 0.15) is 23.3 Å². The van der Waals surface area contributed by atoms with E-state index in [0.717, 1.165) is 11.4 Å². The van der Waals surface area contributed by atoms with Crippen molar-refractivity contribution in [1.29, 1.82) is 0 Å². The van der Waals surface area contributed by atoms with Gasteiger partial charge in [-0.25, -0.2) is 4.68 Å². The van der Waals surface area contributed by atoms with Crippen LogP contribution < -0.4 is 5.32 Å². The van der Waals surface area contributed by atoms with Crippen molar-refractivity contribution in [3.05, 3.63) is 59.4 Å². The molecule has 5 nitrogen and oxygen atoms in total. The van der Waals surface area contributed by atoms with E-state index in [1.807, 2.05) is 18.2 Å². The van der Waals surface area contributed by atoms with Gasteiger partial charge in [-0.1, -0.05) is 11.6 Å². The number of halogens is 1. The number of benzene rings is 1. The number of amides is 1. The van der Waals surface area contributed by atoms with Gasteiger partial charge in [0.25, 0.3) is 5.91 Å². The molecule has 0 unspecified atom stereocenters. The first kappa shape index (κ1) is 15.0. The van der Waals surface area contributed by atoms with Crippen LogP contribution in [0.15, 0.2) is 53.1 Å². The summed E-state index contributed by atoms with van der Waals surface area (Å²) < 4.78 is 7.18. The lowest BCUT2D eigenvalue weighted by Gasteiger charge is -2.05. The van der Waals surface area contributed by atoms with E-state index in [2.05, 4.69) is 10.4 Å². The summed E-state index contributed by atoms with van der Waals surface area (Å²) in [5, 5.41) is 8.05. The van der Waals surface area contributed by atoms with Crippen molar-refractivity contribution >= 4 is 17.5 Å². The average Bonchev–Trinajstić information content (AvgIpc) is 3.09. The van der Waals surface area contributed by atoms with Gasteiger partial charge in [0.15, 0.2) is 11.5 Å². The summed E-state index contributed by atoms with van der Waals surface area (Å²) in [7, 11) is 0. The maximum Gasteiger partial charge on any atom is 0.271 e. The van der Waals surface area contributed by atoms with E-state index in [0.29, 0.717) is 28.9 Å². The molecule has 1 amide bonds. The number of nitrogens with zero attached hydrogens (tertiary/aromatic N) is 2. The van der Waals surface area contributed by atoms with Crippen molar-refractivity contribution in [3.63, 3.8) is 0 Å². The molecule has 0 radical (unpaired) electrons. The van der Waals surface area contributed by atoms with Crippen molar-refractivity contribution in [2.75, 3.05) is 6.54 Å². The number of furan rings is 1. The third-order valence-electron chi connectivity index (χ3n) is 4.04. The first-order valence-electron chi connectivity index (χ1n) is 7.89. The summed E-state index contributed by atoms with van der Waals surface area (Å²) in [4.78, 5) is 12.4. The molecular formula is C18H16ClN3O2. The van der Waals surface area contributed by atoms with Gasteiger partial charge in [-0.3, -0.25) is 4.79 Å². The SMILES string of the molecule is O=C(NCC1CC1)c1cc(-c2ccco2)n(-c2ccc(Cl)cc2)n1. The minimum Gasteiger partial charge on any atom is -0.463 e. The zero-order valence-electron chi connectivity index (χ0n) is 12.9. The highest BCUT2D eigenvalue weighted by Gasteiger charge is 2.23. The van der Waals surface area contributed by atoms with Gasteiger partial charge in [-0.05, 0) is 55.2 Å². The number of hydrogen-bond donors (Lipinski definition) is 1. The van der Waals surface area contributed by atoms with Gasteiger partial charge < -0.3 is 9.73 Å². The number of carbonyl (C=O) groups excluding carboxylic acids is 1. The Balaban J connectivity index is 1.70. The number of nitrogens with one attached hydrogen (secondary N) is 1. The number of carbonyl (C=O) groups is 1. The normalized spacial score (nSPS) is 13.9. The predicted octanol–water partition coefficient (Wildman–Crippen LogP) is 3.93. The highest BCUT2D eigenvalue weighted by molar-refractivity contribution is 6.30. The molecule has 1 aliphatic carbocycles. The molecular weight excluding hydrogens is 326 g/mol. The Labute approximate surface area is 144 Å². The maximum absolute atomic E-state index is 12.4. The van der Waals surface area contributed by atoms with Crippen LogP contribution in [0.3, 0.4) is 0 Å². The second kappa shape index (κ2) is 6.17. The van der Waals surface area contributed by atoms with E-state index in [-0.39, 0.29) is 5.91 Å². The predicted molar refractivity (Wildman–Crippen MR) is 91.3 cm³/mol. The van der Waals surface area contributed by atoms with Crippen LogP contribution in [0.5, 0.6) is 0 Å². The van der Waals surface area contributed by atoms with Crippen molar-refractivity contribution in [1.82, 2.24) is 15.1 Å². The summed E-state index contributed by atoms with van der Waals surface area (Å²) in [5.41, 5.74) is 1.91. The molecule has 4 rings (SSSR count). The van der Waals surface area contributed by atoms with Crippen LogP contribution in [-0.2, 0) is 0 Å². The van der Waals surface area contributed by atoms with Crippen LogP contribution in [0, 0.1) is 5.92 Å². The number of aromatic nitrogens is 2. The van der Waals surface area contributed by atoms with E-state index >= 15 is 0 Å². The van der Waals surface area contributed by atoms with Crippen LogP contribution in [-0.4, -0.2) is 22.2 Å². The molecule has 0 aliphatic heterocycles. The van der Waals surface area contributed by atoms with Gasteiger partial charge in [0, 0.05) is 17.6 Å². The third kappa shape index (κ3) is 3.08. The van der Waals surface area contributed by atoms with Crippen LogP contribution in [0.4, 0.5) is 0 Å². The summed E-state index contributed by atoms with van der Waals surface area (Å²) >= 11 is 5.96. The Bertz CT molecular complexity index is 849. The van der Waals surface area contributed by atoms with E-state index in [4.69, 9.17) is 16.0 Å². The largest absolute Gasteiger partial charge is 0.463 e. The van der Waals surface area contributed by atoms with Crippen molar-refractivity contribution < 1.29 is 9.21 Å². The smallest absolute Gasteiger partial charge is 0.271 e. The molecule has 0 atom stereocenters. The molecule has 0 spiro atoms. The minimum absolute atomic E-state index is 0.164. The summed E-state index contributed by atoms with van der Waals surface area (Å²) in [6.45, 7) is 0.711. The third-order valence-corrected chi connectivity index (χ3v) is 4.29. The van der Waals surface area contributed by atoms with Gasteiger partial charge in [0.1, 0.15) is 5.69 Å². The second-order valence-electron chi connectivity index (χ2n) is 5.93. The first-order valence-corrected chi connectivity index (χ1v) is 8.26. The van der Waals surface area contributed by atoms with Gasteiger partial charge in [-0.15, -0.1) is 0 Å². The molecule has 1 fully saturated rings. The van der Waals surface area contributed by atoms with Crippen LogP contribution in [0.2, 0.25) is 5.02 Å². The minimum atomic E-state index is -0.164. The molecule has 1 saturated carbocycles. The molecule has 2 heterocycles. The van der Waals surface area contributed by atoms with E-state index in [1.54, 1.807) is 35.2 Å². The van der Waals surface area contributed by atoms with Crippen molar-refractivity contribution in [3.8, 4) is 17.1 Å². The molecule has 0 saturated heterocycles. The number of rotatable bonds is 5. The topological polar surface area (TPSA) is 60.1 Å². The molecule has 122 valence electrons. The fourth-order valence-corrected chi connectivity index (χ4v) is 2.65. The Morgan fingerprint density at radius 1 is 1.29 bits per heavy atom. The summed E-state index contributed by atoms with van der Waals surface area (Å²) in [6, 6.07) is 12.7. The molecule has 6 heteroatoms. The monoisotopic (exact) mass is 341 g/mol. The molecule has 24 heavy (non-hydrogen) atoms. The number of hydrogen-bond acceptors (Lipinski definition) is 3. The highest BCUT2D eigenvalue weighted by atomic mass is 35.5. The maximum atomic E-state index is 12.4. The second-order valence-corrected chi connectivity index (χ2v) is 6.37. The van der Waals surface area contributed by atoms with E-state index in [9.17, 15) is 4.79 Å². The quantitative estimate of drug-likeness (QED) is 0.765. The molecule has 3 aromatic rings. The highest BCUT2D eigenvalue weighted by Crippen LogP contribution is 2.28. The van der Waals surface area contributed by atoms with Gasteiger partial charge in [0.05, 0.1) is 12.0 Å². The van der Waals surface area contributed by atoms with Crippen LogP contribution in [0.25, 0.3) is 17.1 Å². The fourth-order valence-electron chi connectivity index (χ4n) is 2.52. The van der Waals surface area contributed by atoms with Gasteiger partial charge >= 0.3 is 0 Å². The fraction of sp³-hybridized carbons (Fsp3) is 0.222. The zero-order valence-corrected chi connectivity index (χ0v) is 13.7. The first-order chi connectivity index (χ1) is 11.7. The van der Waals surface area contributed by atoms with Crippen LogP contribution >= 0.6 is 11.6 Å². The average molecular weight is 342 g/mol. The Morgan fingerprint density at radius 2 is 2.08 bits per heavy atom. The molecule has 1 aromatic carbocycles. The van der Waals surface area contributed by atoms with E-state index in [1.165, 1.54) is 12.8 Å². The lowest BCUT2D eigenvalue weighted by Crippen LogP contribution is -2.26. The molecule has 1 aliphatic rings. The Morgan fingerprint density at radius 3 is 2.75 bits per heavy atom. The molecule has 0 bridgehead atoms. The van der Waals surface area contributed by atoms with Crippen molar-refractivity contribution in [2.24, 2.45) is 5.92 Å². The lowest BCUT2D eigenvalue weighted by atomic mass is 10.2. The molecule has 1 N–H and O–H groups in total.